The van der Waals surface area contributed by atoms with Gasteiger partial charge in [0.2, 0.25) is 6.10 Å². The number of pyridine rings is 1. The van der Waals surface area contributed by atoms with Crippen LogP contribution in [0.2, 0.25) is 0 Å². The van der Waals surface area contributed by atoms with E-state index in [1.54, 1.807) is 18.2 Å². The Kier molecular flexibility index (Phi) is 3.72. The van der Waals surface area contributed by atoms with Crippen molar-refractivity contribution in [1.29, 1.82) is 0 Å². The molecule has 1 saturated heterocycles. The Bertz CT molecular complexity index is 975. The third-order valence-electron chi connectivity index (χ3n) is 4.07. The fraction of sp³-hybridized carbons (Fsp3) is 0.211. The van der Waals surface area contributed by atoms with Gasteiger partial charge in [-0.3, -0.25) is 0 Å². The van der Waals surface area contributed by atoms with Crippen molar-refractivity contribution < 1.29 is 23.5 Å². The third kappa shape index (κ3) is 2.87. The highest BCUT2D eigenvalue weighted by Gasteiger charge is 2.31. The number of benzene rings is 1. The van der Waals surface area contributed by atoms with Gasteiger partial charge in [-0.1, -0.05) is 18.2 Å². The third-order valence-corrected chi connectivity index (χ3v) is 4.07. The Morgan fingerprint density at radius 2 is 2.08 bits per heavy atom. The second kappa shape index (κ2) is 6.05. The summed E-state index contributed by atoms with van der Waals surface area (Å²) in [5, 5.41) is 0.658. The van der Waals surface area contributed by atoms with Gasteiger partial charge in [-0.05, 0) is 31.2 Å². The molecule has 1 atom stereocenters. The van der Waals surface area contributed by atoms with E-state index in [4.69, 9.17) is 13.9 Å². The van der Waals surface area contributed by atoms with Crippen LogP contribution in [0.4, 0.5) is 0 Å². The monoisotopic (exact) mass is 337 g/mol. The number of para-hydroxylation sites is 1. The normalized spacial score (nSPS) is 16.8. The first-order chi connectivity index (χ1) is 12.1. The van der Waals surface area contributed by atoms with Gasteiger partial charge in [0.15, 0.2) is 5.76 Å². The van der Waals surface area contributed by atoms with Gasteiger partial charge < -0.3 is 13.9 Å². The lowest BCUT2D eigenvalue weighted by atomic mass is 10.1. The Balaban J connectivity index is 1.78. The minimum Gasteiger partial charge on any atom is -0.463 e. The smallest absolute Gasteiger partial charge is 0.347 e. The van der Waals surface area contributed by atoms with Crippen LogP contribution < -0.4 is 0 Å². The fourth-order valence-corrected chi connectivity index (χ4v) is 2.82. The molecule has 0 amide bonds. The average Bonchev–Trinajstić information content (AvgIpc) is 3.22. The van der Waals surface area contributed by atoms with Crippen LogP contribution >= 0.6 is 0 Å². The van der Waals surface area contributed by atoms with Crippen molar-refractivity contribution in [3.63, 3.8) is 0 Å². The predicted molar refractivity (Wildman–Crippen MR) is 89.0 cm³/mol. The molecule has 1 aliphatic rings. The van der Waals surface area contributed by atoms with Crippen LogP contribution in [0, 0.1) is 6.92 Å². The molecule has 0 saturated carbocycles. The van der Waals surface area contributed by atoms with Crippen LogP contribution in [0.1, 0.15) is 22.5 Å². The first-order valence-electron chi connectivity index (χ1n) is 7.96. The van der Waals surface area contributed by atoms with Gasteiger partial charge in [-0.2, -0.15) is 0 Å². The standard InChI is InChI=1S/C19H15NO5/c1-11-6-7-16(24-11)15-10-13(12-4-2-3-5-14(12)20-15)18(21)25-17-8-9-23-19(17)22/h2-7,10,17H,8-9H2,1H3. The molecule has 1 fully saturated rings. The van der Waals surface area contributed by atoms with Gasteiger partial charge in [-0.25, -0.2) is 14.6 Å². The molecular formula is C19H15NO5. The van der Waals surface area contributed by atoms with E-state index in [2.05, 4.69) is 4.98 Å². The number of fused-ring (bicyclic) bond motifs is 1. The maximum Gasteiger partial charge on any atom is 0.347 e. The molecule has 0 radical (unpaired) electrons. The molecule has 126 valence electrons. The van der Waals surface area contributed by atoms with E-state index in [1.165, 1.54) is 0 Å². The number of carbonyl (C=O) groups is 2. The molecule has 6 nitrogen and oxygen atoms in total. The van der Waals surface area contributed by atoms with Crippen molar-refractivity contribution >= 4 is 22.8 Å². The molecule has 3 aromatic rings. The number of aromatic nitrogens is 1. The highest BCUT2D eigenvalue weighted by Crippen LogP contribution is 2.27. The van der Waals surface area contributed by atoms with Crippen LogP contribution in [0.5, 0.6) is 0 Å². The lowest BCUT2D eigenvalue weighted by molar-refractivity contribution is -0.145. The molecule has 0 aliphatic carbocycles. The fourth-order valence-electron chi connectivity index (χ4n) is 2.82. The number of hydrogen-bond acceptors (Lipinski definition) is 6. The molecule has 4 rings (SSSR count). The minimum atomic E-state index is -0.853. The summed E-state index contributed by atoms with van der Waals surface area (Å²) in [6, 6.07) is 12.5. The molecule has 25 heavy (non-hydrogen) atoms. The first kappa shape index (κ1) is 15.4. The van der Waals surface area contributed by atoms with Crippen molar-refractivity contribution in [2.75, 3.05) is 6.61 Å². The number of esters is 2. The second-order valence-corrected chi connectivity index (χ2v) is 5.83. The topological polar surface area (TPSA) is 78.6 Å². The molecule has 0 spiro atoms. The number of aryl methyl sites for hydroxylation is 1. The molecule has 0 N–H and O–H groups in total. The Hall–Kier alpha value is -3.15. The summed E-state index contributed by atoms with van der Waals surface area (Å²) in [5.41, 5.74) is 1.53. The number of carbonyl (C=O) groups excluding carboxylic acids is 2. The molecule has 3 heterocycles. The molecule has 0 bridgehead atoms. The van der Waals surface area contributed by atoms with E-state index in [-0.39, 0.29) is 6.61 Å². The summed E-state index contributed by atoms with van der Waals surface area (Å²) in [6.45, 7) is 2.11. The van der Waals surface area contributed by atoms with Gasteiger partial charge >= 0.3 is 11.9 Å². The molecule has 1 aliphatic heterocycles. The second-order valence-electron chi connectivity index (χ2n) is 5.83. The van der Waals surface area contributed by atoms with E-state index < -0.39 is 18.0 Å². The van der Waals surface area contributed by atoms with Crippen molar-refractivity contribution in [2.45, 2.75) is 19.4 Å². The van der Waals surface area contributed by atoms with Crippen molar-refractivity contribution in [1.82, 2.24) is 4.98 Å². The Morgan fingerprint density at radius 3 is 2.80 bits per heavy atom. The SMILES string of the molecule is Cc1ccc(-c2cc(C(=O)OC3CCOC3=O)c3ccccc3n2)o1. The summed E-state index contributed by atoms with van der Waals surface area (Å²) in [4.78, 5) is 28.8. The summed E-state index contributed by atoms with van der Waals surface area (Å²) in [6.07, 6.45) is -0.480. The average molecular weight is 337 g/mol. The number of cyclic esters (lactones) is 1. The number of ether oxygens (including phenoxy) is 2. The summed E-state index contributed by atoms with van der Waals surface area (Å²) in [5.74, 6) is 0.237. The summed E-state index contributed by atoms with van der Waals surface area (Å²) in [7, 11) is 0. The van der Waals surface area contributed by atoms with Crippen LogP contribution in [0.3, 0.4) is 0 Å². The van der Waals surface area contributed by atoms with Crippen LogP contribution in [0.25, 0.3) is 22.4 Å². The van der Waals surface area contributed by atoms with E-state index in [1.807, 2.05) is 31.2 Å². The van der Waals surface area contributed by atoms with E-state index in [9.17, 15) is 9.59 Å². The van der Waals surface area contributed by atoms with Gasteiger partial charge in [0.05, 0.1) is 17.7 Å². The van der Waals surface area contributed by atoms with Crippen molar-refractivity contribution in [3.05, 3.63) is 53.8 Å². The first-order valence-corrected chi connectivity index (χ1v) is 7.96. The van der Waals surface area contributed by atoms with E-state index >= 15 is 0 Å². The highest BCUT2D eigenvalue weighted by molar-refractivity contribution is 6.05. The largest absolute Gasteiger partial charge is 0.463 e. The van der Waals surface area contributed by atoms with Gasteiger partial charge in [-0.15, -0.1) is 0 Å². The summed E-state index contributed by atoms with van der Waals surface area (Å²) < 4.78 is 15.8. The Labute approximate surface area is 143 Å². The number of rotatable bonds is 3. The maximum absolute atomic E-state index is 12.7. The quantitative estimate of drug-likeness (QED) is 0.683. The molecule has 6 heteroatoms. The van der Waals surface area contributed by atoms with Gasteiger partial charge in [0, 0.05) is 11.8 Å². The van der Waals surface area contributed by atoms with Gasteiger partial charge in [0.1, 0.15) is 11.5 Å². The zero-order valence-corrected chi connectivity index (χ0v) is 13.5. The lowest BCUT2D eigenvalue weighted by Gasteiger charge is -2.11. The maximum atomic E-state index is 12.7. The number of hydrogen-bond donors (Lipinski definition) is 0. The van der Waals surface area contributed by atoms with Crippen LogP contribution in [0.15, 0.2) is 46.9 Å². The van der Waals surface area contributed by atoms with Gasteiger partial charge in [0.25, 0.3) is 0 Å². The van der Waals surface area contributed by atoms with E-state index in [0.717, 1.165) is 5.76 Å². The number of nitrogens with zero attached hydrogens (tertiary/aromatic N) is 1. The highest BCUT2D eigenvalue weighted by atomic mass is 16.6. The lowest BCUT2D eigenvalue weighted by Crippen LogP contribution is -2.22. The zero-order chi connectivity index (χ0) is 17.4. The Morgan fingerprint density at radius 1 is 1.24 bits per heavy atom. The minimum absolute atomic E-state index is 0.269. The zero-order valence-electron chi connectivity index (χ0n) is 13.5. The van der Waals surface area contributed by atoms with E-state index in [0.29, 0.717) is 34.3 Å². The van der Waals surface area contributed by atoms with Crippen LogP contribution in [-0.2, 0) is 14.3 Å². The molecular weight excluding hydrogens is 322 g/mol. The van der Waals surface area contributed by atoms with Crippen LogP contribution in [-0.4, -0.2) is 29.6 Å². The van der Waals surface area contributed by atoms with Crippen molar-refractivity contribution in [3.8, 4) is 11.5 Å². The van der Waals surface area contributed by atoms with Crippen molar-refractivity contribution in [2.24, 2.45) is 0 Å². The predicted octanol–water partition coefficient (Wildman–Crippen LogP) is 3.28. The molecule has 2 aromatic heterocycles. The molecule has 1 unspecified atom stereocenters. The molecule has 1 aromatic carbocycles. The number of furan rings is 1. The summed E-state index contributed by atoms with van der Waals surface area (Å²) >= 11 is 0.